The molecule has 0 unspecified atom stereocenters. The molecule has 5 heteroatoms. The van der Waals surface area contributed by atoms with Crippen LogP contribution in [0.15, 0.2) is 0 Å². The van der Waals surface area contributed by atoms with Gasteiger partial charge in [0, 0.05) is 25.7 Å². The monoisotopic (exact) mass is 202 g/mol. The highest BCUT2D eigenvalue weighted by atomic mass is 19.1. The minimum absolute atomic E-state index is 0.0243. The predicted octanol–water partition coefficient (Wildman–Crippen LogP) is 0.0351. The van der Waals surface area contributed by atoms with Crippen LogP contribution in [-0.4, -0.2) is 54.0 Å². The number of nitrogens with zero attached hydrogens (tertiary/aromatic N) is 2. The fourth-order valence-corrected chi connectivity index (χ4v) is 1.50. The molecule has 14 heavy (non-hydrogen) atoms. The molecule has 1 saturated heterocycles. The zero-order valence-electron chi connectivity index (χ0n) is 8.49. The van der Waals surface area contributed by atoms with Crippen molar-refractivity contribution in [3.63, 3.8) is 0 Å². The van der Waals surface area contributed by atoms with Crippen molar-refractivity contribution in [2.24, 2.45) is 0 Å². The van der Waals surface area contributed by atoms with E-state index in [1.807, 2.05) is 13.8 Å². The molecule has 4 nitrogen and oxygen atoms in total. The Morgan fingerprint density at radius 1 is 1.29 bits per heavy atom. The van der Waals surface area contributed by atoms with E-state index in [1.165, 1.54) is 9.80 Å². The van der Waals surface area contributed by atoms with Gasteiger partial charge in [-0.15, -0.1) is 0 Å². The van der Waals surface area contributed by atoms with E-state index in [4.69, 9.17) is 0 Å². The van der Waals surface area contributed by atoms with Gasteiger partial charge in [0.15, 0.2) is 0 Å². The molecule has 80 valence electrons. The van der Waals surface area contributed by atoms with Crippen LogP contribution in [0.25, 0.3) is 0 Å². The molecule has 0 N–H and O–H groups in total. The molecule has 0 aromatic carbocycles. The third kappa shape index (κ3) is 2.02. The molecule has 0 saturated carbocycles. The first-order chi connectivity index (χ1) is 6.57. The summed E-state index contributed by atoms with van der Waals surface area (Å²) >= 11 is 0. The number of carbonyl (C=O) groups excluding carboxylic acids is 2. The fraction of sp³-hybridized carbons (Fsp3) is 0.778. The van der Waals surface area contributed by atoms with Crippen LogP contribution < -0.4 is 0 Å². The second kappa shape index (κ2) is 4.39. The van der Waals surface area contributed by atoms with Gasteiger partial charge in [-0.1, -0.05) is 0 Å². The Kier molecular flexibility index (Phi) is 3.43. The van der Waals surface area contributed by atoms with Crippen LogP contribution in [0.3, 0.4) is 0 Å². The average Bonchev–Trinajstić information content (AvgIpc) is 2.13. The number of halogens is 1. The Labute approximate surface area is 82.7 Å². The van der Waals surface area contributed by atoms with E-state index in [9.17, 15) is 14.0 Å². The third-order valence-electron chi connectivity index (χ3n) is 2.32. The van der Waals surface area contributed by atoms with Crippen molar-refractivity contribution >= 4 is 11.8 Å². The first-order valence-electron chi connectivity index (χ1n) is 4.73. The van der Waals surface area contributed by atoms with E-state index in [2.05, 4.69) is 0 Å². The van der Waals surface area contributed by atoms with E-state index in [0.717, 1.165) is 0 Å². The summed E-state index contributed by atoms with van der Waals surface area (Å²) in [5, 5.41) is 0. The van der Waals surface area contributed by atoms with Gasteiger partial charge in [-0.3, -0.25) is 9.59 Å². The second-order valence-electron chi connectivity index (χ2n) is 3.57. The van der Waals surface area contributed by atoms with Gasteiger partial charge >= 0.3 is 11.8 Å². The average molecular weight is 202 g/mol. The fourth-order valence-electron chi connectivity index (χ4n) is 1.50. The van der Waals surface area contributed by atoms with E-state index < -0.39 is 18.5 Å². The largest absolute Gasteiger partial charge is 0.330 e. The summed E-state index contributed by atoms with van der Waals surface area (Å²) < 4.78 is 12.0. The molecule has 1 fully saturated rings. The van der Waals surface area contributed by atoms with Crippen LogP contribution in [0.1, 0.15) is 13.8 Å². The normalized spacial score (nSPS) is 18.3. The van der Waals surface area contributed by atoms with Crippen LogP contribution in [0.2, 0.25) is 0 Å². The molecule has 0 aromatic rings. The maximum atomic E-state index is 12.0. The topological polar surface area (TPSA) is 40.6 Å². The molecule has 0 spiro atoms. The lowest BCUT2D eigenvalue weighted by molar-refractivity contribution is -0.157. The van der Waals surface area contributed by atoms with Gasteiger partial charge in [-0.05, 0) is 13.8 Å². The lowest BCUT2D eigenvalue weighted by atomic mass is 10.2. The summed E-state index contributed by atoms with van der Waals surface area (Å²) in [5.41, 5.74) is 0. The summed E-state index contributed by atoms with van der Waals surface area (Å²) in [7, 11) is 0. The molecular weight excluding hydrogens is 187 g/mol. The maximum Gasteiger partial charge on any atom is 0.312 e. The molecule has 1 rings (SSSR count). The van der Waals surface area contributed by atoms with Crippen LogP contribution in [0.5, 0.6) is 0 Å². The molecular formula is C9H15FN2O2. The standard InChI is InChI=1S/C9H15FN2O2/c1-7(2)12-6-5-11(4-3-10)8(13)9(12)14/h7H,3-6H2,1-2H3. The van der Waals surface area contributed by atoms with Crippen molar-refractivity contribution in [2.75, 3.05) is 26.3 Å². The van der Waals surface area contributed by atoms with Crippen LogP contribution >= 0.6 is 0 Å². The molecule has 1 aliphatic heterocycles. The Bertz CT molecular complexity index is 243. The van der Waals surface area contributed by atoms with Crippen molar-refractivity contribution in [2.45, 2.75) is 19.9 Å². The number of rotatable bonds is 3. The molecule has 0 aromatic heterocycles. The summed E-state index contributed by atoms with van der Waals surface area (Å²) in [6.07, 6.45) is 0. The van der Waals surface area contributed by atoms with E-state index in [-0.39, 0.29) is 12.6 Å². The van der Waals surface area contributed by atoms with Gasteiger partial charge in [-0.25, -0.2) is 4.39 Å². The number of amides is 2. The molecule has 0 radical (unpaired) electrons. The SMILES string of the molecule is CC(C)N1CCN(CCF)C(=O)C1=O. The quantitative estimate of drug-likeness (QED) is 0.606. The van der Waals surface area contributed by atoms with Crippen LogP contribution in [0, 0.1) is 0 Å². The number of hydrogen-bond donors (Lipinski definition) is 0. The zero-order chi connectivity index (χ0) is 10.7. The van der Waals surface area contributed by atoms with Gasteiger partial charge < -0.3 is 9.80 Å². The lowest BCUT2D eigenvalue weighted by Crippen LogP contribution is -2.56. The Hall–Kier alpha value is -1.13. The minimum atomic E-state index is -0.597. The maximum absolute atomic E-state index is 12.0. The highest BCUT2D eigenvalue weighted by molar-refractivity contribution is 6.35. The first-order valence-corrected chi connectivity index (χ1v) is 4.73. The lowest BCUT2D eigenvalue weighted by Gasteiger charge is -2.35. The van der Waals surface area contributed by atoms with Crippen molar-refractivity contribution in [1.82, 2.24) is 9.80 Å². The molecule has 1 aliphatic rings. The van der Waals surface area contributed by atoms with E-state index >= 15 is 0 Å². The predicted molar refractivity (Wildman–Crippen MR) is 49.4 cm³/mol. The minimum Gasteiger partial charge on any atom is -0.330 e. The number of carbonyl (C=O) groups is 2. The second-order valence-corrected chi connectivity index (χ2v) is 3.57. The van der Waals surface area contributed by atoms with Crippen molar-refractivity contribution in [3.05, 3.63) is 0 Å². The Balaban J connectivity index is 2.65. The number of hydrogen-bond acceptors (Lipinski definition) is 2. The van der Waals surface area contributed by atoms with E-state index in [0.29, 0.717) is 13.1 Å². The van der Waals surface area contributed by atoms with Crippen molar-refractivity contribution < 1.29 is 14.0 Å². The number of piperazine rings is 1. The van der Waals surface area contributed by atoms with Crippen molar-refractivity contribution in [1.29, 1.82) is 0 Å². The molecule has 1 heterocycles. The Morgan fingerprint density at radius 2 is 1.93 bits per heavy atom. The number of alkyl halides is 1. The van der Waals surface area contributed by atoms with Crippen LogP contribution in [0.4, 0.5) is 4.39 Å². The van der Waals surface area contributed by atoms with Gasteiger partial charge in [-0.2, -0.15) is 0 Å². The summed E-state index contributed by atoms with van der Waals surface area (Å²) in [6.45, 7) is 4.08. The smallest absolute Gasteiger partial charge is 0.312 e. The summed E-state index contributed by atoms with van der Waals surface area (Å²) in [5.74, 6) is -1.10. The van der Waals surface area contributed by atoms with Gasteiger partial charge in [0.2, 0.25) is 0 Å². The molecule has 0 aliphatic carbocycles. The summed E-state index contributed by atoms with van der Waals surface area (Å²) in [4.78, 5) is 25.6. The zero-order valence-corrected chi connectivity index (χ0v) is 8.49. The van der Waals surface area contributed by atoms with Crippen LogP contribution in [-0.2, 0) is 9.59 Å². The molecule has 0 bridgehead atoms. The van der Waals surface area contributed by atoms with Gasteiger partial charge in [0.25, 0.3) is 0 Å². The Morgan fingerprint density at radius 3 is 2.43 bits per heavy atom. The summed E-state index contributed by atoms with van der Waals surface area (Å²) in [6, 6.07) is 0.0268. The van der Waals surface area contributed by atoms with E-state index in [1.54, 1.807) is 0 Å². The van der Waals surface area contributed by atoms with Gasteiger partial charge in [0.1, 0.15) is 6.67 Å². The highest BCUT2D eigenvalue weighted by Crippen LogP contribution is 2.08. The molecule has 2 amide bonds. The third-order valence-corrected chi connectivity index (χ3v) is 2.32. The molecule has 0 atom stereocenters. The highest BCUT2D eigenvalue weighted by Gasteiger charge is 2.33. The van der Waals surface area contributed by atoms with Gasteiger partial charge in [0.05, 0.1) is 0 Å². The first kappa shape index (κ1) is 10.9. The van der Waals surface area contributed by atoms with Crippen molar-refractivity contribution in [3.8, 4) is 0 Å².